The molecule has 0 aliphatic heterocycles. The molecule has 0 amide bonds. The van der Waals surface area contributed by atoms with Crippen molar-refractivity contribution < 1.29 is 22.6 Å². The van der Waals surface area contributed by atoms with Gasteiger partial charge in [0.1, 0.15) is 0 Å². The molecule has 4 nitrogen and oxygen atoms in total. The second kappa shape index (κ2) is 8.41. The van der Waals surface area contributed by atoms with Crippen LogP contribution in [0.5, 0.6) is 11.5 Å². The van der Waals surface area contributed by atoms with Crippen LogP contribution in [0.4, 0.5) is 18.9 Å². The molecular formula is C18H19F3N2O2. The number of hydrogen-bond donors (Lipinski definition) is 1. The van der Waals surface area contributed by atoms with Crippen molar-refractivity contribution in [2.75, 3.05) is 18.6 Å². The molecule has 2 rings (SSSR count). The second-order valence-corrected chi connectivity index (χ2v) is 5.02. The number of hydrazone groups is 1. The van der Waals surface area contributed by atoms with E-state index in [2.05, 4.69) is 10.5 Å². The molecule has 25 heavy (non-hydrogen) atoms. The number of alkyl halides is 3. The molecule has 0 aliphatic carbocycles. The number of nitrogens with one attached hydrogen (secondary N) is 1. The van der Waals surface area contributed by atoms with E-state index in [-0.39, 0.29) is 5.69 Å². The smallest absolute Gasteiger partial charge is 0.416 e. The van der Waals surface area contributed by atoms with Crippen molar-refractivity contribution in [3.05, 3.63) is 53.6 Å². The maximum Gasteiger partial charge on any atom is 0.416 e. The van der Waals surface area contributed by atoms with E-state index in [1.807, 2.05) is 13.8 Å². The minimum Gasteiger partial charge on any atom is -0.490 e. The van der Waals surface area contributed by atoms with Gasteiger partial charge in [-0.15, -0.1) is 0 Å². The third-order valence-electron chi connectivity index (χ3n) is 3.16. The minimum atomic E-state index is -4.39. The van der Waals surface area contributed by atoms with Gasteiger partial charge in [-0.1, -0.05) is 6.07 Å². The Morgan fingerprint density at radius 3 is 2.40 bits per heavy atom. The van der Waals surface area contributed by atoms with Crippen LogP contribution in [-0.2, 0) is 6.18 Å². The Balaban J connectivity index is 2.10. The van der Waals surface area contributed by atoms with Gasteiger partial charge in [-0.2, -0.15) is 18.3 Å². The highest BCUT2D eigenvalue weighted by atomic mass is 19.4. The van der Waals surface area contributed by atoms with Crippen molar-refractivity contribution in [1.29, 1.82) is 0 Å². The van der Waals surface area contributed by atoms with E-state index in [0.29, 0.717) is 24.7 Å². The van der Waals surface area contributed by atoms with Gasteiger partial charge in [-0.3, -0.25) is 5.43 Å². The summed E-state index contributed by atoms with van der Waals surface area (Å²) in [6, 6.07) is 10.1. The molecule has 0 unspecified atom stereocenters. The summed E-state index contributed by atoms with van der Waals surface area (Å²) in [5, 5.41) is 3.97. The highest BCUT2D eigenvalue weighted by molar-refractivity contribution is 5.81. The van der Waals surface area contributed by atoms with Gasteiger partial charge >= 0.3 is 6.18 Å². The zero-order valence-electron chi connectivity index (χ0n) is 13.9. The third-order valence-corrected chi connectivity index (χ3v) is 3.16. The Bertz CT molecular complexity index is 731. The molecule has 0 fully saturated rings. The third kappa shape index (κ3) is 5.41. The first-order valence-corrected chi connectivity index (χ1v) is 7.80. The SMILES string of the molecule is CCOc1ccc(/C=N/Nc2cccc(C(F)(F)F)c2)cc1OCC. The number of nitrogens with zero attached hydrogens (tertiary/aromatic N) is 1. The summed E-state index contributed by atoms with van der Waals surface area (Å²) in [5.74, 6) is 1.22. The lowest BCUT2D eigenvalue weighted by Gasteiger charge is -2.11. The van der Waals surface area contributed by atoms with Crippen molar-refractivity contribution in [3.8, 4) is 11.5 Å². The molecule has 2 aromatic rings. The van der Waals surface area contributed by atoms with Crippen molar-refractivity contribution in [2.24, 2.45) is 5.10 Å². The maximum absolute atomic E-state index is 12.7. The van der Waals surface area contributed by atoms with Crippen molar-refractivity contribution >= 4 is 11.9 Å². The van der Waals surface area contributed by atoms with Crippen LogP contribution in [0.2, 0.25) is 0 Å². The topological polar surface area (TPSA) is 42.8 Å². The van der Waals surface area contributed by atoms with Gasteiger partial charge in [0.15, 0.2) is 11.5 Å². The molecule has 134 valence electrons. The molecule has 0 spiro atoms. The molecule has 0 bridgehead atoms. The van der Waals surface area contributed by atoms with E-state index in [9.17, 15) is 13.2 Å². The zero-order valence-corrected chi connectivity index (χ0v) is 13.9. The van der Waals surface area contributed by atoms with Gasteiger partial charge in [0.05, 0.1) is 30.7 Å². The van der Waals surface area contributed by atoms with Crippen LogP contribution < -0.4 is 14.9 Å². The lowest BCUT2D eigenvalue weighted by molar-refractivity contribution is -0.137. The molecule has 1 N–H and O–H groups in total. The minimum absolute atomic E-state index is 0.252. The molecule has 0 heterocycles. The number of benzene rings is 2. The monoisotopic (exact) mass is 352 g/mol. The molecule has 0 radical (unpaired) electrons. The highest BCUT2D eigenvalue weighted by Gasteiger charge is 2.30. The van der Waals surface area contributed by atoms with E-state index >= 15 is 0 Å². The summed E-state index contributed by atoms with van der Waals surface area (Å²) in [5.41, 5.74) is 2.84. The van der Waals surface area contributed by atoms with Crippen molar-refractivity contribution in [1.82, 2.24) is 0 Å². The Morgan fingerprint density at radius 1 is 1.00 bits per heavy atom. The molecule has 7 heteroatoms. The quantitative estimate of drug-likeness (QED) is 0.566. The molecular weight excluding hydrogens is 333 g/mol. The fraction of sp³-hybridized carbons (Fsp3) is 0.278. The van der Waals surface area contributed by atoms with Crippen LogP contribution in [-0.4, -0.2) is 19.4 Å². The lowest BCUT2D eigenvalue weighted by atomic mass is 10.2. The van der Waals surface area contributed by atoms with E-state index < -0.39 is 11.7 Å². The van der Waals surface area contributed by atoms with Crippen molar-refractivity contribution in [2.45, 2.75) is 20.0 Å². The van der Waals surface area contributed by atoms with Gasteiger partial charge in [0, 0.05) is 0 Å². The average Bonchev–Trinajstić information content (AvgIpc) is 2.57. The van der Waals surface area contributed by atoms with Gasteiger partial charge in [-0.05, 0) is 55.8 Å². The summed E-state index contributed by atoms with van der Waals surface area (Å²) in [4.78, 5) is 0. The summed E-state index contributed by atoms with van der Waals surface area (Å²) in [6.07, 6.45) is -2.89. The number of ether oxygens (including phenoxy) is 2. The Morgan fingerprint density at radius 2 is 1.72 bits per heavy atom. The largest absolute Gasteiger partial charge is 0.490 e. The maximum atomic E-state index is 12.7. The number of anilines is 1. The van der Waals surface area contributed by atoms with Gasteiger partial charge in [0.2, 0.25) is 0 Å². The summed E-state index contributed by atoms with van der Waals surface area (Å²) in [7, 11) is 0. The Hall–Kier alpha value is -2.70. The summed E-state index contributed by atoms with van der Waals surface area (Å²) in [6.45, 7) is 4.75. The Kier molecular flexibility index (Phi) is 6.27. The van der Waals surface area contributed by atoms with Crippen LogP contribution >= 0.6 is 0 Å². The van der Waals surface area contributed by atoms with Crippen LogP contribution in [0.3, 0.4) is 0 Å². The average molecular weight is 352 g/mol. The summed E-state index contributed by atoms with van der Waals surface area (Å²) >= 11 is 0. The molecule has 0 atom stereocenters. The normalized spacial score (nSPS) is 11.6. The van der Waals surface area contributed by atoms with E-state index in [4.69, 9.17) is 9.47 Å². The molecule has 0 aromatic heterocycles. The first-order chi connectivity index (χ1) is 11.9. The predicted molar refractivity (Wildman–Crippen MR) is 91.4 cm³/mol. The van der Waals surface area contributed by atoms with Gasteiger partial charge in [0.25, 0.3) is 0 Å². The highest BCUT2D eigenvalue weighted by Crippen LogP contribution is 2.31. The summed E-state index contributed by atoms with van der Waals surface area (Å²) < 4.78 is 49.0. The van der Waals surface area contributed by atoms with E-state index in [1.165, 1.54) is 18.3 Å². The zero-order chi connectivity index (χ0) is 18.3. The Labute approximate surface area is 144 Å². The predicted octanol–water partition coefficient (Wildman–Crippen LogP) is 4.95. The van der Waals surface area contributed by atoms with Crippen LogP contribution in [0.1, 0.15) is 25.0 Å². The standard InChI is InChI=1S/C18H19F3N2O2/c1-3-24-16-9-8-13(10-17(16)25-4-2)12-22-23-15-7-5-6-14(11-15)18(19,20)21/h5-12,23H,3-4H2,1-2H3/b22-12+. The fourth-order valence-corrected chi connectivity index (χ4v) is 2.09. The molecule has 2 aromatic carbocycles. The van der Waals surface area contributed by atoms with Crippen molar-refractivity contribution in [3.63, 3.8) is 0 Å². The van der Waals surface area contributed by atoms with Gasteiger partial charge in [-0.25, -0.2) is 0 Å². The van der Waals surface area contributed by atoms with Crippen LogP contribution in [0.15, 0.2) is 47.6 Å². The molecule has 0 saturated heterocycles. The number of halogens is 3. The first kappa shape index (κ1) is 18.6. The fourth-order valence-electron chi connectivity index (χ4n) is 2.09. The van der Waals surface area contributed by atoms with Gasteiger partial charge < -0.3 is 9.47 Å². The van der Waals surface area contributed by atoms with E-state index in [0.717, 1.165) is 17.7 Å². The number of hydrogen-bond acceptors (Lipinski definition) is 4. The lowest BCUT2D eigenvalue weighted by Crippen LogP contribution is -2.05. The van der Waals surface area contributed by atoms with E-state index in [1.54, 1.807) is 18.2 Å². The molecule has 0 aliphatic rings. The molecule has 0 saturated carbocycles. The van der Waals surface area contributed by atoms with Crippen LogP contribution in [0, 0.1) is 0 Å². The van der Waals surface area contributed by atoms with Crippen LogP contribution in [0.25, 0.3) is 0 Å². The second-order valence-electron chi connectivity index (χ2n) is 5.02. The number of rotatable bonds is 7. The first-order valence-electron chi connectivity index (χ1n) is 7.80.